The van der Waals surface area contributed by atoms with Crippen LogP contribution in [0.25, 0.3) is 16.9 Å². The maximum Gasteiger partial charge on any atom is 0.254 e. The first kappa shape index (κ1) is 19.8. The lowest BCUT2D eigenvalue weighted by atomic mass is 9.97. The molecule has 0 radical (unpaired) electrons. The molecule has 0 bridgehead atoms. The second-order valence-electron chi connectivity index (χ2n) is 7.34. The van der Waals surface area contributed by atoms with Crippen LogP contribution in [-0.2, 0) is 0 Å². The fourth-order valence-electron chi connectivity index (χ4n) is 3.66. The van der Waals surface area contributed by atoms with Gasteiger partial charge >= 0.3 is 0 Å². The number of methoxy groups -OCH3 is 2. The van der Waals surface area contributed by atoms with Crippen LogP contribution >= 0.6 is 11.8 Å². The molecule has 0 saturated carbocycles. The van der Waals surface area contributed by atoms with E-state index < -0.39 is 0 Å². The van der Waals surface area contributed by atoms with Crippen molar-refractivity contribution in [3.8, 4) is 22.6 Å². The van der Waals surface area contributed by atoms with E-state index in [4.69, 9.17) is 9.47 Å². The smallest absolute Gasteiger partial charge is 0.254 e. The molecule has 1 fully saturated rings. The molecule has 1 aliphatic rings. The lowest BCUT2D eigenvalue weighted by molar-refractivity contribution is 0.195. The van der Waals surface area contributed by atoms with Crippen molar-refractivity contribution < 1.29 is 9.47 Å². The Bertz CT molecular complexity index is 1000. The summed E-state index contributed by atoms with van der Waals surface area (Å²) in [6.07, 6.45) is 4.51. The Balaban J connectivity index is 1.76. The Morgan fingerprint density at radius 3 is 2.72 bits per heavy atom. The highest BCUT2D eigenvalue weighted by molar-refractivity contribution is 7.99. The Labute approximate surface area is 174 Å². The van der Waals surface area contributed by atoms with Gasteiger partial charge in [0.1, 0.15) is 12.1 Å². The van der Waals surface area contributed by atoms with Gasteiger partial charge in [0.15, 0.2) is 11.5 Å². The SMILES string of the molecule is COc1ccc(-c2cnc3ncnn3c2NCC2(N(C)C)CCSC2)cc1OC. The molecular formula is C20H26N6O2S. The Kier molecular flexibility index (Phi) is 5.51. The molecule has 1 aromatic carbocycles. The monoisotopic (exact) mass is 414 g/mol. The quantitative estimate of drug-likeness (QED) is 0.632. The molecule has 1 aliphatic heterocycles. The molecule has 154 valence electrons. The fourth-order valence-corrected chi connectivity index (χ4v) is 5.21. The van der Waals surface area contributed by atoms with Crippen LogP contribution in [0.4, 0.5) is 5.82 Å². The number of likely N-dealkylation sites (N-methyl/N-ethyl adjacent to an activating group) is 1. The van der Waals surface area contributed by atoms with Crippen molar-refractivity contribution in [1.29, 1.82) is 0 Å². The predicted molar refractivity (Wildman–Crippen MR) is 116 cm³/mol. The summed E-state index contributed by atoms with van der Waals surface area (Å²) < 4.78 is 12.6. The summed E-state index contributed by atoms with van der Waals surface area (Å²) in [5.41, 5.74) is 2.01. The van der Waals surface area contributed by atoms with Crippen molar-refractivity contribution in [3.05, 3.63) is 30.7 Å². The number of anilines is 1. The molecular weight excluding hydrogens is 388 g/mol. The average molecular weight is 415 g/mol. The lowest BCUT2D eigenvalue weighted by Gasteiger charge is -2.36. The van der Waals surface area contributed by atoms with Crippen LogP contribution in [0.1, 0.15) is 6.42 Å². The first-order valence-corrected chi connectivity index (χ1v) is 10.6. The van der Waals surface area contributed by atoms with E-state index in [0.29, 0.717) is 17.3 Å². The average Bonchev–Trinajstić information content (AvgIpc) is 3.41. The van der Waals surface area contributed by atoms with Gasteiger partial charge in [-0.05, 0) is 44.0 Å². The molecule has 1 atom stereocenters. The number of fused-ring (bicyclic) bond motifs is 1. The van der Waals surface area contributed by atoms with Crippen LogP contribution in [0.15, 0.2) is 30.7 Å². The predicted octanol–water partition coefficient (Wildman–Crippen LogP) is 2.66. The summed E-state index contributed by atoms with van der Waals surface area (Å²) in [7, 11) is 7.58. The molecule has 1 saturated heterocycles. The second kappa shape index (κ2) is 8.08. The van der Waals surface area contributed by atoms with Gasteiger partial charge in [-0.15, -0.1) is 0 Å². The highest BCUT2D eigenvalue weighted by Crippen LogP contribution is 2.36. The van der Waals surface area contributed by atoms with Gasteiger partial charge < -0.3 is 19.7 Å². The third-order valence-corrected chi connectivity index (χ3v) is 6.85. The van der Waals surface area contributed by atoms with E-state index in [2.05, 4.69) is 39.4 Å². The van der Waals surface area contributed by atoms with Crippen molar-refractivity contribution in [2.24, 2.45) is 0 Å². The van der Waals surface area contributed by atoms with Gasteiger partial charge in [-0.3, -0.25) is 0 Å². The van der Waals surface area contributed by atoms with E-state index in [1.165, 1.54) is 12.1 Å². The van der Waals surface area contributed by atoms with E-state index in [9.17, 15) is 0 Å². The van der Waals surface area contributed by atoms with E-state index in [0.717, 1.165) is 35.7 Å². The van der Waals surface area contributed by atoms with Gasteiger partial charge in [0.25, 0.3) is 5.78 Å². The number of nitrogens with one attached hydrogen (secondary N) is 1. The maximum absolute atomic E-state index is 5.49. The number of thioether (sulfide) groups is 1. The number of hydrogen-bond acceptors (Lipinski definition) is 8. The maximum atomic E-state index is 5.49. The second-order valence-corrected chi connectivity index (χ2v) is 8.44. The molecule has 29 heavy (non-hydrogen) atoms. The number of aromatic nitrogens is 4. The molecule has 0 aliphatic carbocycles. The number of ether oxygens (including phenoxy) is 2. The third-order valence-electron chi connectivity index (χ3n) is 5.62. The van der Waals surface area contributed by atoms with E-state index in [1.807, 2.05) is 36.2 Å². The van der Waals surface area contributed by atoms with E-state index in [-0.39, 0.29) is 5.54 Å². The largest absolute Gasteiger partial charge is 0.493 e. The van der Waals surface area contributed by atoms with Crippen molar-refractivity contribution in [2.75, 3.05) is 51.7 Å². The summed E-state index contributed by atoms with van der Waals surface area (Å²) in [6.45, 7) is 0.812. The Hall–Kier alpha value is -2.52. The first-order valence-electron chi connectivity index (χ1n) is 9.48. The van der Waals surface area contributed by atoms with Gasteiger partial charge in [-0.25, -0.2) is 4.98 Å². The molecule has 0 amide bonds. The summed E-state index contributed by atoms with van der Waals surface area (Å²) >= 11 is 2.00. The minimum Gasteiger partial charge on any atom is -0.493 e. The zero-order valence-corrected chi connectivity index (χ0v) is 18.0. The van der Waals surface area contributed by atoms with Gasteiger partial charge in [-0.1, -0.05) is 6.07 Å². The van der Waals surface area contributed by atoms with Crippen LogP contribution in [0.5, 0.6) is 11.5 Å². The summed E-state index contributed by atoms with van der Waals surface area (Å²) in [6, 6.07) is 5.86. The van der Waals surface area contributed by atoms with Crippen LogP contribution < -0.4 is 14.8 Å². The van der Waals surface area contributed by atoms with Crippen LogP contribution in [0.2, 0.25) is 0 Å². The van der Waals surface area contributed by atoms with Crippen LogP contribution in [-0.4, -0.2) is 76.4 Å². The fraction of sp³-hybridized carbons (Fsp3) is 0.450. The molecule has 1 N–H and O–H groups in total. The van der Waals surface area contributed by atoms with E-state index in [1.54, 1.807) is 18.7 Å². The lowest BCUT2D eigenvalue weighted by Crippen LogP contribution is -2.50. The van der Waals surface area contributed by atoms with Crippen molar-refractivity contribution in [1.82, 2.24) is 24.5 Å². The number of nitrogens with zero attached hydrogens (tertiary/aromatic N) is 5. The Morgan fingerprint density at radius 2 is 2.03 bits per heavy atom. The molecule has 0 spiro atoms. The third kappa shape index (κ3) is 3.60. The number of rotatable bonds is 7. The zero-order chi connectivity index (χ0) is 20.4. The van der Waals surface area contributed by atoms with Gasteiger partial charge in [-0.2, -0.15) is 26.4 Å². The van der Waals surface area contributed by atoms with Gasteiger partial charge in [0.2, 0.25) is 0 Å². The van der Waals surface area contributed by atoms with Gasteiger partial charge in [0, 0.05) is 29.6 Å². The minimum atomic E-state index is 0.107. The molecule has 3 aromatic rings. The van der Waals surface area contributed by atoms with Crippen LogP contribution in [0.3, 0.4) is 0 Å². The highest BCUT2D eigenvalue weighted by atomic mass is 32.2. The Morgan fingerprint density at radius 1 is 1.21 bits per heavy atom. The van der Waals surface area contributed by atoms with Crippen LogP contribution in [0, 0.1) is 0 Å². The normalized spacial score (nSPS) is 19.1. The summed E-state index contributed by atoms with van der Waals surface area (Å²) in [4.78, 5) is 11.0. The number of hydrogen-bond donors (Lipinski definition) is 1. The van der Waals surface area contributed by atoms with Crippen molar-refractivity contribution >= 4 is 23.4 Å². The molecule has 4 rings (SSSR count). The van der Waals surface area contributed by atoms with Crippen molar-refractivity contribution in [3.63, 3.8) is 0 Å². The van der Waals surface area contributed by atoms with Crippen molar-refractivity contribution in [2.45, 2.75) is 12.0 Å². The first-order chi connectivity index (χ1) is 14.1. The van der Waals surface area contributed by atoms with E-state index >= 15 is 0 Å². The highest BCUT2D eigenvalue weighted by Gasteiger charge is 2.36. The van der Waals surface area contributed by atoms with Gasteiger partial charge in [0.05, 0.1) is 14.2 Å². The molecule has 1 unspecified atom stereocenters. The molecule has 3 heterocycles. The standard InChI is InChI=1S/C20H26N6O2S/c1-25(2)20(7-8-29-12-20)11-22-18-15(10-21-19-23-13-24-26(18)19)14-5-6-16(27-3)17(9-14)28-4/h5-6,9-10,13,22H,7-8,11-12H2,1-4H3. The summed E-state index contributed by atoms with van der Waals surface area (Å²) in [5, 5.41) is 8.06. The molecule has 2 aromatic heterocycles. The number of benzene rings is 1. The topological polar surface area (TPSA) is 76.8 Å². The zero-order valence-electron chi connectivity index (χ0n) is 17.2. The summed E-state index contributed by atoms with van der Waals surface area (Å²) in [5.74, 6) is 5.08. The molecule has 8 nitrogen and oxygen atoms in total. The minimum absolute atomic E-state index is 0.107. The molecule has 9 heteroatoms.